The second-order valence-electron chi connectivity index (χ2n) is 4.78. The first-order valence-corrected chi connectivity index (χ1v) is 8.39. The molecule has 24 heavy (non-hydrogen) atoms. The van der Waals surface area contributed by atoms with Gasteiger partial charge in [-0.05, 0) is 24.3 Å². The molecule has 0 radical (unpaired) electrons. The van der Waals surface area contributed by atoms with E-state index in [0.717, 1.165) is 19.1 Å². The second-order valence-corrected chi connectivity index (χ2v) is 6.87. The van der Waals surface area contributed by atoms with E-state index in [-0.39, 0.29) is 10.6 Å². The molecule has 0 amide bonds. The maximum absolute atomic E-state index is 13.6. The van der Waals surface area contributed by atoms with Gasteiger partial charge in [-0.3, -0.25) is 4.79 Å². The Kier molecular flexibility index (Phi) is 5.50. The summed E-state index contributed by atoms with van der Waals surface area (Å²) in [6.07, 6.45) is 0. The molecule has 1 unspecified atom stereocenters. The van der Waals surface area contributed by atoms with Gasteiger partial charge in [0.2, 0.25) is 15.3 Å². The first-order chi connectivity index (χ1) is 11.3. The van der Waals surface area contributed by atoms with Crippen molar-refractivity contribution in [2.24, 2.45) is 0 Å². The van der Waals surface area contributed by atoms with Crippen molar-refractivity contribution in [3.63, 3.8) is 0 Å². The summed E-state index contributed by atoms with van der Waals surface area (Å²) in [5.74, 6) is -2.97. The monoisotopic (exact) mass is 356 g/mol. The average Bonchev–Trinajstić information content (AvgIpc) is 2.53. The van der Waals surface area contributed by atoms with Crippen LogP contribution in [0, 0.1) is 11.6 Å². The van der Waals surface area contributed by atoms with Crippen LogP contribution >= 0.6 is 0 Å². The van der Waals surface area contributed by atoms with E-state index in [0.29, 0.717) is 6.07 Å². The molecule has 2 aromatic carbocycles. The van der Waals surface area contributed by atoms with Crippen LogP contribution < -0.4 is 4.74 Å². The normalized spacial score (nSPS) is 12.5. The highest BCUT2D eigenvalue weighted by Gasteiger charge is 2.31. The maximum atomic E-state index is 13.6. The predicted octanol–water partition coefficient (Wildman–Crippen LogP) is 2.71. The van der Waals surface area contributed by atoms with Crippen molar-refractivity contribution >= 4 is 15.8 Å². The van der Waals surface area contributed by atoms with Gasteiger partial charge in [-0.15, -0.1) is 0 Å². The molecule has 0 aliphatic heterocycles. The van der Waals surface area contributed by atoms with Crippen LogP contribution in [0.2, 0.25) is 0 Å². The number of halogens is 2. The zero-order valence-corrected chi connectivity index (χ0v) is 13.4. The molecule has 5 nitrogen and oxygen atoms in total. The first-order valence-electron chi connectivity index (χ1n) is 6.84. The van der Waals surface area contributed by atoms with Gasteiger partial charge in [0.1, 0.15) is 12.4 Å². The molecule has 0 aliphatic rings. The lowest BCUT2D eigenvalue weighted by Crippen LogP contribution is -2.32. The molecular formula is C16H14F2O5S. The minimum Gasteiger partial charge on any atom is -0.485 e. The minimum atomic E-state index is -4.05. The number of esters is 1. The molecule has 0 saturated heterocycles. The van der Waals surface area contributed by atoms with E-state index < -0.39 is 39.5 Å². The largest absolute Gasteiger partial charge is 0.485 e. The Morgan fingerprint density at radius 2 is 1.79 bits per heavy atom. The van der Waals surface area contributed by atoms with E-state index in [1.165, 1.54) is 24.3 Å². The molecule has 2 rings (SSSR count). The highest BCUT2D eigenvalue weighted by atomic mass is 32.2. The lowest BCUT2D eigenvalue weighted by Gasteiger charge is -2.18. The number of ether oxygens (including phenoxy) is 2. The number of sulfone groups is 1. The number of hydrogen-bond donors (Lipinski definition) is 0. The fourth-order valence-electron chi connectivity index (χ4n) is 1.88. The van der Waals surface area contributed by atoms with Crippen molar-refractivity contribution in [2.75, 3.05) is 6.61 Å². The lowest BCUT2D eigenvalue weighted by atomic mass is 10.3. The fourth-order valence-corrected chi connectivity index (χ4v) is 3.23. The number of rotatable bonds is 6. The summed E-state index contributed by atoms with van der Waals surface area (Å²) in [5, 5.41) is 0. The van der Waals surface area contributed by atoms with Crippen molar-refractivity contribution in [3.8, 4) is 5.75 Å². The number of carbonyl (C=O) groups is 1. The molecule has 0 fully saturated rings. The van der Waals surface area contributed by atoms with Crippen LogP contribution in [0.5, 0.6) is 5.75 Å². The molecule has 8 heteroatoms. The highest BCUT2D eigenvalue weighted by molar-refractivity contribution is 7.92. The topological polar surface area (TPSA) is 69.7 Å². The summed E-state index contributed by atoms with van der Waals surface area (Å²) in [7, 11) is -4.05. The number of benzene rings is 2. The van der Waals surface area contributed by atoms with Gasteiger partial charge in [-0.2, -0.15) is 0 Å². The quantitative estimate of drug-likeness (QED) is 0.745. The Hall–Kier alpha value is -2.48. The van der Waals surface area contributed by atoms with Crippen LogP contribution in [-0.4, -0.2) is 26.4 Å². The molecule has 0 heterocycles. The van der Waals surface area contributed by atoms with Gasteiger partial charge < -0.3 is 9.47 Å². The Labute approximate surface area is 137 Å². The molecule has 0 aliphatic carbocycles. The Bertz CT molecular complexity index is 822. The SMILES string of the molecule is CC(=O)OC(COc1ccc(F)cc1F)S(=O)(=O)c1ccccc1. The van der Waals surface area contributed by atoms with Crippen LogP contribution in [-0.2, 0) is 19.4 Å². The molecule has 1 atom stereocenters. The first kappa shape index (κ1) is 17.9. The molecule has 2 aromatic rings. The van der Waals surface area contributed by atoms with E-state index in [1.807, 2.05) is 0 Å². The van der Waals surface area contributed by atoms with Crippen LogP contribution in [0.1, 0.15) is 6.92 Å². The zero-order chi connectivity index (χ0) is 17.7. The summed E-state index contributed by atoms with van der Waals surface area (Å²) in [4.78, 5) is 11.1. The standard InChI is InChI=1S/C16H14F2O5S/c1-11(19)23-16(24(20,21)13-5-3-2-4-6-13)10-22-15-8-7-12(17)9-14(15)18/h2-9,16H,10H2,1H3. The number of carbonyl (C=O) groups excluding carboxylic acids is 1. The maximum Gasteiger partial charge on any atom is 0.304 e. The third-order valence-corrected chi connectivity index (χ3v) is 4.84. The summed E-state index contributed by atoms with van der Waals surface area (Å²) in [6, 6.07) is 9.91. The minimum absolute atomic E-state index is 0.0700. The van der Waals surface area contributed by atoms with Crippen molar-refractivity contribution in [1.82, 2.24) is 0 Å². The smallest absolute Gasteiger partial charge is 0.304 e. The van der Waals surface area contributed by atoms with Crippen molar-refractivity contribution in [3.05, 3.63) is 60.2 Å². The second kappa shape index (κ2) is 7.39. The zero-order valence-electron chi connectivity index (χ0n) is 12.6. The van der Waals surface area contributed by atoms with Gasteiger partial charge in [0.15, 0.2) is 11.6 Å². The number of hydrogen-bond acceptors (Lipinski definition) is 5. The van der Waals surface area contributed by atoms with Gasteiger partial charge in [0.25, 0.3) is 0 Å². The Balaban J connectivity index is 2.24. The molecule has 0 saturated carbocycles. The lowest BCUT2D eigenvalue weighted by molar-refractivity contribution is -0.143. The van der Waals surface area contributed by atoms with Gasteiger partial charge in [0.05, 0.1) is 4.90 Å². The Morgan fingerprint density at radius 1 is 1.12 bits per heavy atom. The van der Waals surface area contributed by atoms with E-state index in [4.69, 9.17) is 9.47 Å². The van der Waals surface area contributed by atoms with Crippen molar-refractivity contribution < 1.29 is 31.5 Å². The van der Waals surface area contributed by atoms with Crippen LogP contribution in [0.25, 0.3) is 0 Å². The highest BCUT2D eigenvalue weighted by Crippen LogP contribution is 2.21. The van der Waals surface area contributed by atoms with E-state index in [9.17, 15) is 22.0 Å². The molecule has 0 bridgehead atoms. The average molecular weight is 356 g/mol. The van der Waals surface area contributed by atoms with Crippen LogP contribution in [0.15, 0.2) is 53.4 Å². The van der Waals surface area contributed by atoms with Crippen LogP contribution in [0.4, 0.5) is 8.78 Å². The summed E-state index contributed by atoms with van der Waals surface area (Å²) < 4.78 is 61.3. The molecule has 0 aromatic heterocycles. The molecule has 128 valence electrons. The summed E-state index contributed by atoms with van der Waals surface area (Å²) >= 11 is 0. The van der Waals surface area contributed by atoms with Crippen LogP contribution in [0.3, 0.4) is 0 Å². The van der Waals surface area contributed by atoms with E-state index in [2.05, 4.69) is 0 Å². The summed E-state index contributed by atoms with van der Waals surface area (Å²) in [5.41, 5.74) is -1.66. The third kappa shape index (κ3) is 4.29. The van der Waals surface area contributed by atoms with E-state index in [1.54, 1.807) is 6.07 Å². The molecule has 0 N–H and O–H groups in total. The fraction of sp³-hybridized carbons (Fsp3) is 0.188. The van der Waals surface area contributed by atoms with Gasteiger partial charge in [-0.25, -0.2) is 17.2 Å². The van der Waals surface area contributed by atoms with Gasteiger partial charge in [0, 0.05) is 13.0 Å². The van der Waals surface area contributed by atoms with Gasteiger partial charge in [-0.1, -0.05) is 18.2 Å². The van der Waals surface area contributed by atoms with Crippen molar-refractivity contribution in [2.45, 2.75) is 17.3 Å². The van der Waals surface area contributed by atoms with Crippen molar-refractivity contribution in [1.29, 1.82) is 0 Å². The molecule has 0 spiro atoms. The Morgan fingerprint density at radius 3 is 2.38 bits per heavy atom. The predicted molar refractivity (Wildman–Crippen MR) is 81.0 cm³/mol. The summed E-state index contributed by atoms with van der Waals surface area (Å²) in [6.45, 7) is 0.408. The van der Waals surface area contributed by atoms with E-state index >= 15 is 0 Å². The van der Waals surface area contributed by atoms with Gasteiger partial charge >= 0.3 is 5.97 Å². The third-order valence-electron chi connectivity index (χ3n) is 2.98. The molecular weight excluding hydrogens is 342 g/mol.